The Bertz CT molecular complexity index is 1530. The van der Waals surface area contributed by atoms with Crippen LogP contribution in [0.15, 0.2) is 53.6 Å². The third-order valence-corrected chi connectivity index (χ3v) is 8.93. The van der Waals surface area contributed by atoms with Gasteiger partial charge in [-0.25, -0.2) is 32.3 Å². The molecule has 1 unspecified atom stereocenters. The third-order valence-electron chi connectivity index (χ3n) is 6.39. The number of nitrogens with zero attached hydrogens (tertiary/aromatic N) is 4. The Morgan fingerprint density at radius 3 is 2.54 bits per heavy atom. The summed E-state index contributed by atoms with van der Waals surface area (Å²) in [5.74, 6) is -2.11. The number of hydrogen-bond donors (Lipinski definition) is 2. The average Bonchev–Trinajstić information content (AvgIpc) is 3.41. The highest BCUT2D eigenvalue weighted by Gasteiger charge is 2.21. The zero-order valence-corrected chi connectivity index (χ0v) is 24.1. The van der Waals surface area contributed by atoms with Crippen LogP contribution in [0.25, 0.3) is 21.8 Å². The zero-order valence-electron chi connectivity index (χ0n) is 22.5. The molecule has 13 heteroatoms. The van der Waals surface area contributed by atoms with Crippen molar-refractivity contribution in [2.24, 2.45) is 0 Å². The summed E-state index contributed by atoms with van der Waals surface area (Å²) in [6, 6.07) is 9.12. The van der Waals surface area contributed by atoms with Gasteiger partial charge >= 0.3 is 0 Å². The van der Waals surface area contributed by atoms with E-state index in [4.69, 9.17) is 14.7 Å². The summed E-state index contributed by atoms with van der Waals surface area (Å²) < 4.78 is 63.7. The quantitative estimate of drug-likeness (QED) is 0.241. The lowest BCUT2D eigenvalue weighted by Gasteiger charge is -2.26. The molecule has 2 aromatic carbocycles. The first-order chi connectivity index (χ1) is 19.8. The van der Waals surface area contributed by atoms with Crippen LogP contribution in [0, 0.1) is 17.5 Å². The molecule has 4 aromatic rings. The molecule has 41 heavy (non-hydrogen) atoms. The van der Waals surface area contributed by atoms with Gasteiger partial charge in [0.15, 0.2) is 11.0 Å². The summed E-state index contributed by atoms with van der Waals surface area (Å²) in [5.41, 5.74) is 1.55. The number of nitrogens with one attached hydrogen (secondary N) is 2. The van der Waals surface area contributed by atoms with Crippen LogP contribution in [0.4, 0.5) is 24.8 Å². The number of halogens is 3. The molecule has 216 valence electrons. The van der Waals surface area contributed by atoms with Gasteiger partial charge in [-0.15, -0.1) is 11.3 Å². The normalized spacial score (nSPS) is 14.8. The van der Waals surface area contributed by atoms with Gasteiger partial charge in [0.1, 0.15) is 22.3 Å². The van der Waals surface area contributed by atoms with Gasteiger partial charge in [-0.05, 0) is 36.4 Å². The topological polar surface area (TPSA) is 92.3 Å². The van der Waals surface area contributed by atoms with Crippen LogP contribution in [0.3, 0.4) is 0 Å². The van der Waals surface area contributed by atoms with E-state index < -0.39 is 33.3 Å². The van der Waals surface area contributed by atoms with Crippen LogP contribution in [-0.4, -0.2) is 63.5 Å². The summed E-state index contributed by atoms with van der Waals surface area (Å²) in [6.07, 6.45) is 1.67. The third kappa shape index (κ3) is 6.92. The summed E-state index contributed by atoms with van der Waals surface area (Å²) in [4.78, 5) is 16.3. The Kier molecular flexibility index (Phi) is 9.28. The maximum Gasteiger partial charge on any atom is 0.223 e. The number of anilines is 2. The minimum atomic E-state index is -2.38. The first-order valence-electron chi connectivity index (χ1n) is 13.1. The van der Waals surface area contributed by atoms with E-state index in [9.17, 15) is 17.4 Å². The maximum absolute atomic E-state index is 14.8. The van der Waals surface area contributed by atoms with Crippen LogP contribution in [0.1, 0.15) is 24.8 Å². The number of benzene rings is 2. The summed E-state index contributed by atoms with van der Waals surface area (Å²) in [6.45, 7) is 8.80. The van der Waals surface area contributed by atoms with Crippen LogP contribution in [-0.2, 0) is 15.7 Å². The Labute approximate surface area is 242 Å². The molecule has 1 atom stereocenters. The van der Waals surface area contributed by atoms with Gasteiger partial charge in [0.25, 0.3) is 0 Å². The van der Waals surface area contributed by atoms with Gasteiger partial charge in [-0.1, -0.05) is 19.9 Å². The fourth-order valence-corrected chi connectivity index (χ4v) is 6.24. The lowest BCUT2D eigenvalue weighted by atomic mass is 10.1. The Hall–Kier alpha value is -3.39. The first-order valence-corrected chi connectivity index (χ1v) is 15.1. The minimum absolute atomic E-state index is 0.120. The van der Waals surface area contributed by atoms with Crippen LogP contribution < -0.4 is 10.0 Å². The second-order valence-corrected chi connectivity index (χ2v) is 11.8. The van der Waals surface area contributed by atoms with Crippen molar-refractivity contribution in [3.05, 3.63) is 71.1 Å². The maximum atomic E-state index is 14.8. The molecule has 0 spiro atoms. The van der Waals surface area contributed by atoms with E-state index in [1.165, 1.54) is 29.5 Å². The molecule has 0 saturated carbocycles. The van der Waals surface area contributed by atoms with E-state index in [1.54, 1.807) is 18.3 Å². The fourth-order valence-electron chi connectivity index (χ4n) is 4.24. The van der Waals surface area contributed by atoms with Crippen molar-refractivity contribution in [3.63, 3.8) is 0 Å². The van der Waals surface area contributed by atoms with Crippen molar-refractivity contribution in [2.75, 3.05) is 49.4 Å². The van der Waals surface area contributed by atoms with Gasteiger partial charge in [0.2, 0.25) is 5.95 Å². The van der Waals surface area contributed by atoms with Gasteiger partial charge in [0, 0.05) is 43.9 Å². The molecule has 0 radical (unpaired) electrons. The fraction of sp³-hybridized carbons (Fsp3) is 0.321. The van der Waals surface area contributed by atoms with E-state index >= 15 is 0 Å². The molecule has 1 aliphatic rings. The predicted molar refractivity (Wildman–Crippen MR) is 155 cm³/mol. The number of hydrogen-bond acceptors (Lipinski definition) is 8. The summed E-state index contributed by atoms with van der Waals surface area (Å²) in [5, 5.41) is 4.13. The second kappa shape index (κ2) is 13.1. The Morgan fingerprint density at radius 2 is 1.80 bits per heavy atom. The first kappa shape index (κ1) is 29.1. The molecule has 2 N–H and O–H groups in total. The van der Waals surface area contributed by atoms with E-state index in [-0.39, 0.29) is 11.6 Å². The van der Waals surface area contributed by atoms with Crippen LogP contribution in [0.2, 0.25) is 0 Å². The van der Waals surface area contributed by atoms with E-state index in [0.29, 0.717) is 29.4 Å². The second-order valence-electron chi connectivity index (χ2n) is 9.65. The molecule has 1 saturated heterocycles. The van der Waals surface area contributed by atoms with Crippen molar-refractivity contribution in [1.29, 1.82) is 0 Å². The average molecular weight is 603 g/mol. The SMILES string of the molecule is CC(C)c1nc(-c2ccc(F)c(NS(=O)c3c(F)cccc3F)c2)c(-c2ccnc(NCCN3CCOCC3)n2)s1. The molecular weight excluding hydrogens is 573 g/mol. The van der Waals surface area contributed by atoms with Gasteiger partial charge in [-0.2, -0.15) is 0 Å². The monoisotopic (exact) mass is 602 g/mol. The van der Waals surface area contributed by atoms with Gasteiger partial charge < -0.3 is 10.1 Å². The largest absolute Gasteiger partial charge is 0.379 e. The minimum Gasteiger partial charge on any atom is -0.379 e. The molecular formula is C28H29F3N6O2S2. The number of morpholine rings is 1. The van der Waals surface area contributed by atoms with Crippen LogP contribution >= 0.6 is 11.3 Å². The van der Waals surface area contributed by atoms with E-state index in [1.807, 2.05) is 13.8 Å². The molecule has 0 aliphatic carbocycles. The van der Waals surface area contributed by atoms with Crippen molar-refractivity contribution < 1.29 is 22.1 Å². The molecule has 2 aromatic heterocycles. The van der Waals surface area contributed by atoms with Gasteiger partial charge in [-0.3, -0.25) is 9.62 Å². The van der Waals surface area contributed by atoms with Crippen molar-refractivity contribution >= 4 is 34.0 Å². The number of ether oxygens (including phenoxy) is 1. The lowest BCUT2D eigenvalue weighted by molar-refractivity contribution is 0.0398. The smallest absolute Gasteiger partial charge is 0.223 e. The van der Waals surface area contributed by atoms with Crippen molar-refractivity contribution in [1.82, 2.24) is 19.9 Å². The van der Waals surface area contributed by atoms with Crippen molar-refractivity contribution in [3.8, 4) is 21.8 Å². The number of aromatic nitrogens is 3. The highest BCUT2D eigenvalue weighted by atomic mass is 32.2. The van der Waals surface area contributed by atoms with Crippen molar-refractivity contribution in [2.45, 2.75) is 24.7 Å². The number of rotatable bonds is 10. The Morgan fingerprint density at radius 1 is 1.05 bits per heavy atom. The highest BCUT2D eigenvalue weighted by Crippen LogP contribution is 2.39. The molecule has 1 aliphatic heterocycles. The molecule has 8 nitrogen and oxygen atoms in total. The molecule has 0 amide bonds. The Balaban J connectivity index is 1.42. The predicted octanol–water partition coefficient (Wildman–Crippen LogP) is 5.69. The molecule has 5 rings (SSSR count). The summed E-state index contributed by atoms with van der Waals surface area (Å²) in [7, 11) is -2.38. The van der Waals surface area contributed by atoms with E-state index in [2.05, 4.69) is 19.9 Å². The number of thiazole rings is 1. The molecule has 3 heterocycles. The highest BCUT2D eigenvalue weighted by molar-refractivity contribution is 7.86. The summed E-state index contributed by atoms with van der Waals surface area (Å²) >= 11 is 1.47. The molecule has 1 fully saturated rings. The van der Waals surface area contributed by atoms with E-state index in [0.717, 1.165) is 54.9 Å². The molecule has 0 bridgehead atoms. The lowest BCUT2D eigenvalue weighted by Crippen LogP contribution is -2.39. The standard InChI is InChI=1S/C28H29F3N6O2S2/c1-17(2)27-35-24(18-6-7-19(29)23(16-18)36-41(38)26-20(30)4-3-5-21(26)31)25(40-27)22-8-9-32-28(34-22)33-10-11-37-12-14-39-15-13-37/h3-9,16-17,36H,10-15H2,1-2H3,(H,32,33,34). The zero-order chi connectivity index (χ0) is 28.9. The van der Waals surface area contributed by atoms with Gasteiger partial charge in [0.05, 0.1) is 40.2 Å². The van der Waals surface area contributed by atoms with Crippen LogP contribution in [0.5, 0.6) is 0 Å².